The molecule has 0 aromatic heterocycles. The minimum absolute atomic E-state index is 0.0199. The Balaban J connectivity index is 2.16. The Bertz CT molecular complexity index is 391. The number of carboxylic acid groups (broad SMARTS) is 1. The molecule has 98 valence electrons. The first-order valence-corrected chi connectivity index (χ1v) is 6.67. The van der Waals surface area contributed by atoms with Gasteiger partial charge in [0, 0.05) is 12.6 Å². The fraction of sp³-hybridized carbons (Fsp3) is 0.533. The van der Waals surface area contributed by atoms with Crippen LogP contribution in [0.5, 0.6) is 0 Å². The van der Waals surface area contributed by atoms with E-state index in [4.69, 9.17) is 5.11 Å². The Morgan fingerprint density at radius 3 is 2.78 bits per heavy atom. The van der Waals surface area contributed by atoms with Gasteiger partial charge in [-0.25, -0.2) is 0 Å². The van der Waals surface area contributed by atoms with Crippen molar-refractivity contribution in [2.45, 2.75) is 32.2 Å². The molecule has 1 aromatic rings. The number of hydrogen-bond acceptors (Lipinski definition) is 2. The van der Waals surface area contributed by atoms with E-state index in [1.807, 2.05) is 30.3 Å². The van der Waals surface area contributed by atoms with Gasteiger partial charge >= 0.3 is 5.97 Å². The summed E-state index contributed by atoms with van der Waals surface area (Å²) in [5, 5.41) is 9.12. The summed E-state index contributed by atoms with van der Waals surface area (Å²) in [6, 6.07) is 10.0. The third-order valence-corrected chi connectivity index (χ3v) is 3.68. The zero-order valence-corrected chi connectivity index (χ0v) is 10.9. The first-order valence-electron chi connectivity index (χ1n) is 6.67. The molecule has 1 saturated heterocycles. The molecular formula is C15H21NO2. The van der Waals surface area contributed by atoms with Gasteiger partial charge in [-0.05, 0) is 30.9 Å². The second kappa shape index (κ2) is 6.01. The Morgan fingerprint density at radius 1 is 1.44 bits per heavy atom. The molecule has 1 aliphatic rings. The van der Waals surface area contributed by atoms with Crippen molar-refractivity contribution < 1.29 is 9.90 Å². The predicted molar refractivity (Wildman–Crippen MR) is 71.4 cm³/mol. The van der Waals surface area contributed by atoms with Gasteiger partial charge in [0.25, 0.3) is 0 Å². The van der Waals surface area contributed by atoms with E-state index in [9.17, 15) is 4.79 Å². The summed E-state index contributed by atoms with van der Waals surface area (Å²) < 4.78 is 0. The molecule has 0 radical (unpaired) electrons. The second-order valence-electron chi connectivity index (χ2n) is 5.27. The van der Waals surface area contributed by atoms with E-state index in [-0.39, 0.29) is 12.5 Å². The molecule has 1 heterocycles. The van der Waals surface area contributed by atoms with Gasteiger partial charge in [-0.2, -0.15) is 0 Å². The molecule has 0 bridgehead atoms. The van der Waals surface area contributed by atoms with E-state index in [0.29, 0.717) is 5.92 Å². The van der Waals surface area contributed by atoms with Crippen LogP contribution in [-0.2, 0) is 4.79 Å². The van der Waals surface area contributed by atoms with Gasteiger partial charge in [-0.3, -0.25) is 9.69 Å². The van der Waals surface area contributed by atoms with Gasteiger partial charge in [-0.15, -0.1) is 0 Å². The number of aliphatic carboxylic acids is 1. The van der Waals surface area contributed by atoms with Gasteiger partial charge in [0.05, 0.1) is 6.42 Å². The Kier molecular flexibility index (Phi) is 4.37. The summed E-state index contributed by atoms with van der Waals surface area (Å²) in [5.41, 5.74) is 1.12. The van der Waals surface area contributed by atoms with Crippen LogP contribution in [0.1, 0.15) is 37.8 Å². The number of carbonyl (C=O) groups is 1. The molecule has 1 fully saturated rings. The summed E-state index contributed by atoms with van der Waals surface area (Å²) >= 11 is 0. The van der Waals surface area contributed by atoms with Crippen LogP contribution in [0, 0.1) is 5.92 Å². The molecule has 1 aromatic carbocycles. The summed E-state index contributed by atoms with van der Waals surface area (Å²) in [4.78, 5) is 13.4. The molecule has 0 aliphatic carbocycles. The molecule has 0 saturated carbocycles. The third kappa shape index (κ3) is 3.33. The van der Waals surface area contributed by atoms with Gasteiger partial charge in [0.15, 0.2) is 0 Å². The highest BCUT2D eigenvalue weighted by Gasteiger charge is 2.26. The Hall–Kier alpha value is -1.35. The highest BCUT2D eigenvalue weighted by molar-refractivity contribution is 5.68. The lowest BCUT2D eigenvalue weighted by atomic mass is 9.95. The van der Waals surface area contributed by atoms with Crippen molar-refractivity contribution in [1.82, 2.24) is 4.90 Å². The van der Waals surface area contributed by atoms with E-state index < -0.39 is 5.97 Å². The first-order chi connectivity index (χ1) is 8.66. The lowest BCUT2D eigenvalue weighted by Gasteiger charge is -2.37. The molecule has 18 heavy (non-hydrogen) atoms. The molecule has 1 N–H and O–H groups in total. The average molecular weight is 247 g/mol. The number of piperidine rings is 1. The highest BCUT2D eigenvalue weighted by Crippen LogP contribution is 2.29. The molecule has 0 amide bonds. The fourth-order valence-electron chi connectivity index (χ4n) is 2.81. The number of nitrogens with zero attached hydrogens (tertiary/aromatic N) is 1. The van der Waals surface area contributed by atoms with Crippen LogP contribution >= 0.6 is 0 Å². The van der Waals surface area contributed by atoms with Crippen molar-refractivity contribution in [3.05, 3.63) is 35.9 Å². The summed E-state index contributed by atoms with van der Waals surface area (Å²) in [7, 11) is 0. The highest BCUT2D eigenvalue weighted by atomic mass is 16.4. The van der Waals surface area contributed by atoms with Crippen LogP contribution in [-0.4, -0.2) is 29.1 Å². The summed E-state index contributed by atoms with van der Waals surface area (Å²) in [6.45, 7) is 4.26. The standard InChI is InChI=1S/C15H21NO2/c1-12-6-5-9-16(11-12)14(10-15(17)18)13-7-3-2-4-8-13/h2-4,7-8,12,14H,5-6,9-11H2,1H3,(H,17,18). The van der Waals surface area contributed by atoms with Crippen LogP contribution in [0.3, 0.4) is 0 Å². The predicted octanol–water partition coefficient (Wildman–Crippen LogP) is 2.93. The maximum atomic E-state index is 11.1. The first kappa shape index (κ1) is 13.1. The molecule has 2 unspecified atom stereocenters. The van der Waals surface area contributed by atoms with Gasteiger partial charge in [0.1, 0.15) is 0 Å². The molecule has 1 aliphatic heterocycles. The molecule has 3 heteroatoms. The van der Waals surface area contributed by atoms with E-state index in [2.05, 4.69) is 11.8 Å². The van der Waals surface area contributed by atoms with Crippen LogP contribution < -0.4 is 0 Å². The van der Waals surface area contributed by atoms with Crippen molar-refractivity contribution in [2.24, 2.45) is 5.92 Å². The van der Waals surface area contributed by atoms with Crippen molar-refractivity contribution in [3.8, 4) is 0 Å². The quantitative estimate of drug-likeness (QED) is 0.889. The van der Waals surface area contributed by atoms with Crippen molar-refractivity contribution in [1.29, 1.82) is 0 Å². The number of hydrogen-bond donors (Lipinski definition) is 1. The Labute approximate surface area is 108 Å². The number of carboxylic acids is 1. The van der Waals surface area contributed by atoms with Gasteiger partial charge in [0.2, 0.25) is 0 Å². The lowest BCUT2D eigenvalue weighted by molar-refractivity contribution is -0.138. The fourth-order valence-corrected chi connectivity index (χ4v) is 2.81. The van der Waals surface area contributed by atoms with E-state index in [1.165, 1.54) is 12.8 Å². The third-order valence-electron chi connectivity index (χ3n) is 3.68. The Morgan fingerprint density at radius 2 is 2.17 bits per heavy atom. The second-order valence-corrected chi connectivity index (χ2v) is 5.27. The number of rotatable bonds is 4. The van der Waals surface area contributed by atoms with Gasteiger partial charge < -0.3 is 5.11 Å². The van der Waals surface area contributed by atoms with Crippen LogP contribution in [0.15, 0.2) is 30.3 Å². The van der Waals surface area contributed by atoms with Crippen molar-refractivity contribution >= 4 is 5.97 Å². The van der Waals surface area contributed by atoms with Crippen LogP contribution in [0.2, 0.25) is 0 Å². The van der Waals surface area contributed by atoms with E-state index in [1.54, 1.807) is 0 Å². The summed E-state index contributed by atoms with van der Waals surface area (Å²) in [6.07, 6.45) is 2.62. The summed E-state index contributed by atoms with van der Waals surface area (Å²) in [5.74, 6) is -0.0548. The number of likely N-dealkylation sites (tertiary alicyclic amines) is 1. The maximum Gasteiger partial charge on any atom is 0.305 e. The topological polar surface area (TPSA) is 40.5 Å². The zero-order chi connectivity index (χ0) is 13.0. The SMILES string of the molecule is CC1CCCN(C(CC(=O)O)c2ccccc2)C1. The molecule has 3 nitrogen and oxygen atoms in total. The average Bonchev–Trinajstić information content (AvgIpc) is 2.37. The van der Waals surface area contributed by atoms with Gasteiger partial charge in [-0.1, -0.05) is 37.3 Å². The number of benzene rings is 1. The van der Waals surface area contributed by atoms with E-state index in [0.717, 1.165) is 18.7 Å². The minimum atomic E-state index is -0.720. The van der Waals surface area contributed by atoms with Crippen LogP contribution in [0.4, 0.5) is 0 Å². The van der Waals surface area contributed by atoms with Crippen LogP contribution in [0.25, 0.3) is 0 Å². The largest absolute Gasteiger partial charge is 0.481 e. The zero-order valence-electron chi connectivity index (χ0n) is 10.9. The molecule has 2 rings (SSSR count). The monoisotopic (exact) mass is 247 g/mol. The van der Waals surface area contributed by atoms with Crippen molar-refractivity contribution in [2.75, 3.05) is 13.1 Å². The van der Waals surface area contributed by atoms with Crippen molar-refractivity contribution in [3.63, 3.8) is 0 Å². The smallest absolute Gasteiger partial charge is 0.305 e. The molecular weight excluding hydrogens is 226 g/mol. The molecule has 0 spiro atoms. The lowest BCUT2D eigenvalue weighted by Crippen LogP contribution is -2.38. The normalized spacial score (nSPS) is 22.6. The minimum Gasteiger partial charge on any atom is -0.481 e. The maximum absolute atomic E-state index is 11.1. The molecule has 2 atom stereocenters. The van der Waals surface area contributed by atoms with E-state index >= 15 is 0 Å².